The number of carboxylic acid groups (broad SMARTS) is 1. The Morgan fingerprint density at radius 3 is 2.16 bits per heavy atom. The van der Waals surface area contributed by atoms with Gasteiger partial charge >= 0.3 is 5.97 Å². The Bertz CT molecular complexity index is 3130. The van der Waals surface area contributed by atoms with Crippen LogP contribution in [-0.4, -0.2) is 101 Å². The smallest absolute Gasteiger partial charge is 0.306 e. The van der Waals surface area contributed by atoms with Crippen LogP contribution in [0.1, 0.15) is 180 Å². The summed E-state index contributed by atoms with van der Waals surface area (Å²) >= 11 is 0. The van der Waals surface area contributed by atoms with Gasteiger partial charge in [-0.1, -0.05) is 108 Å². The second kappa shape index (κ2) is 30.5. The molecule has 3 heterocycles. The molecule has 4 aromatic rings. The predicted molar refractivity (Wildman–Crippen MR) is 337 cm³/mol. The maximum Gasteiger partial charge on any atom is 0.306 e. The second-order valence-electron chi connectivity index (χ2n) is 26.0. The van der Waals surface area contributed by atoms with E-state index >= 15 is 0 Å². The lowest BCUT2D eigenvalue weighted by Gasteiger charge is -2.41. The number of rotatable bonds is 31. The fourth-order valence-electron chi connectivity index (χ4n) is 12.8. The number of ketones is 3. The summed E-state index contributed by atoms with van der Waals surface area (Å²) in [6.45, 7) is 23.4. The SMILES string of the molecule is CCCc1cc2c(cc1C)C(CC1CCC(C(=O)CCCOCCOCCOCCCC(=O)CCC(=O)N3Cc4ccccc4-c4c(nnn4CCCC(=O)CCC(C)(C)C(C)(C)C)-c4ccccc43)CC1C(=O)O)C1C=C(C)C(=NCC)C=C1O2. The van der Waals surface area contributed by atoms with Gasteiger partial charge in [-0.05, 0) is 135 Å². The minimum atomic E-state index is -0.824. The molecular weight excluding hydrogens is 1080 g/mol. The van der Waals surface area contributed by atoms with Gasteiger partial charge in [0.2, 0.25) is 5.91 Å². The highest BCUT2D eigenvalue weighted by atomic mass is 16.5. The van der Waals surface area contributed by atoms with Crippen molar-refractivity contribution < 1.29 is 48.0 Å². The van der Waals surface area contributed by atoms with Crippen LogP contribution in [0.25, 0.3) is 22.5 Å². The molecule has 15 nitrogen and oxygen atoms in total. The topological polar surface area (TPSA) is 189 Å². The molecule has 0 radical (unpaired) electrons. The van der Waals surface area contributed by atoms with Crippen LogP contribution in [0.3, 0.4) is 0 Å². The van der Waals surface area contributed by atoms with Crippen LogP contribution in [0.2, 0.25) is 0 Å². The Morgan fingerprint density at radius 1 is 0.779 bits per heavy atom. The zero-order valence-electron chi connectivity index (χ0n) is 52.9. The summed E-state index contributed by atoms with van der Waals surface area (Å²) in [4.78, 5) is 73.2. The summed E-state index contributed by atoms with van der Waals surface area (Å²) < 4.78 is 25.8. The summed E-state index contributed by atoms with van der Waals surface area (Å²) in [6.07, 6.45) is 13.2. The number of anilines is 1. The first-order valence-electron chi connectivity index (χ1n) is 32.0. The van der Waals surface area contributed by atoms with Gasteiger partial charge in [0, 0.05) is 99.8 Å². The number of carboxylic acids is 1. The number of aromatic nitrogens is 3. The molecule has 0 spiro atoms. The van der Waals surface area contributed by atoms with E-state index < -0.39 is 11.9 Å². The number of Topliss-reactive ketones (excluding diaryl/α,β-unsaturated/α-hetero) is 3. The number of fused-ring (bicyclic) bond motifs is 7. The number of amides is 1. The van der Waals surface area contributed by atoms with Gasteiger partial charge in [-0.3, -0.25) is 29.0 Å². The third kappa shape index (κ3) is 16.6. The van der Waals surface area contributed by atoms with Crippen molar-refractivity contribution in [2.45, 2.75) is 184 Å². The molecule has 1 aromatic heterocycles. The number of nitrogens with zero attached hydrogens (tertiary/aromatic N) is 5. The summed E-state index contributed by atoms with van der Waals surface area (Å²) in [5.74, 6) is 0.243. The van der Waals surface area contributed by atoms with Crippen molar-refractivity contribution in [3.63, 3.8) is 0 Å². The number of ether oxygens (including phenoxy) is 4. The van der Waals surface area contributed by atoms with E-state index in [0.29, 0.717) is 141 Å². The van der Waals surface area contributed by atoms with Crippen molar-refractivity contribution in [3.05, 3.63) is 106 Å². The lowest BCUT2D eigenvalue weighted by molar-refractivity contribution is -0.146. The molecule has 86 heavy (non-hydrogen) atoms. The van der Waals surface area contributed by atoms with Crippen molar-refractivity contribution in [1.29, 1.82) is 0 Å². The number of carbonyl (C=O) groups is 5. The van der Waals surface area contributed by atoms with Gasteiger partial charge in [-0.25, -0.2) is 4.68 Å². The Balaban J connectivity index is 0.705. The third-order valence-electron chi connectivity index (χ3n) is 18.9. The number of aliphatic carboxylic acids is 1. The van der Waals surface area contributed by atoms with E-state index in [9.17, 15) is 29.1 Å². The standard InChI is InChI=1S/C71H95N5O10/c1-10-19-49-44-64-59(40-47(49)3)58(60-41-48(4)61(72-11-2)45-65(60)86-64)42-50-27-28-51(43-57(50)69(81)82)63(79)26-18-35-84-37-39-85-38-36-83-34-17-22-53(77)29-30-66(80)75-46-52-20-12-13-23-55(52)68-67(56-24-14-15-25-62(56)75)73-74-76(68)33-16-21-54(78)31-32-71(8,9)70(5,6)7/h12-15,20,23-25,40-41,44-45,50-51,57-58,60H,10-11,16-19,21-22,26-39,42-43,46H2,1-9H3,(H,81,82). The minimum absolute atomic E-state index is 0.000574. The number of allylic oxidation sites excluding steroid dienone is 3. The molecule has 5 atom stereocenters. The van der Waals surface area contributed by atoms with Crippen LogP contribution >= 0.6 is 0 Å². The Hall–Kier alpha value is -6.42. The molecule has 5 unspecified atom stereocenters. The van der Waals surface area contributed by atoms with Crippen LogP contribution in [0.15, 0.2) is 89.1 Å². The van der Waals surface area contributed by atoms with Crippen LogP contribution in [0, 0.1) is 41.4 Å². The Labute approximate surface area is 510 Å². The van der Waals surface area contributed by atoms with Crippen LogP contribution < -0.4 is 9.64 Å². The van der Waals surface area contributed by atoms with Gasteiger partial charge in [-0.2, -0.15) is 0 Å². The minimum Gasteiger partial charge on any atom is -0.481 e. The molecule has 8 rings (SSSR count). The molecule has 2 aliphatic carbocycles. The molecule has 1 fully saturated rings. The molecule has 1 saturated carbocycles. The first-order valence-corrected chi connectivity index (χ1v) is 32.0. The largest absolute Gasteiger partial charge is 0.481 e. The van der Waals surface area contributed by atoms with E-state index in [1.807, 2.05) is 60.1 Å². The second-order valence-corrected chi connectivity index (χ2v) is 26.0. The number of hydrogen-bond acceptors (Lipinski definition) is 12. The van der Waals surface area contributed by atoms with E-state index in [2.05, 4.69) is 90.0 Å². The van der Waals surface area contributed by atoms with E-state index in [1.54, 1.807) is 4.90 Å². The first kappa shape index (κ1) is 65.6. The average Bonchev–Trinajstić information content (AvgIpc) is 1.33. The van der Waals surface area contributed by atoms with Gasteiger partial charge in [0.15, 0.2) is 0 Å². The lowest BCUT2D eigenvalue weighted by Crippen LogP contribution is -2.36. The summed E-state index contributed by atoms with van der Waals surface area (Å²) in [5.41, 5.74) is 10.8. The van der Waals surface area contributed by atoms with Crippen LogP contribution in [0.4, 0.5) is 5.69 Å². The van der Waals surface area contributed by atoms with E-state index in [0.717, 1.165) is 70.0 Å². The van der Waals surface area contributed by atoms with Gasteiger partial charge in [0.25, 0.3) is 0 Å². The van der Waals surface area contributed by atoms with Crippen molar-refractivity contribution >= 4 is 40.6 Å². The summed E-state index contributed by atoms with van der Waals surface area (Å²) in [6, 6.07) is 20.2. The first-order chi connectivity index (χ1) is 41.3. The molecule has 4 aliphatic rings. The number of aliphatic imine (C=N–C) groups is 1. The summed E-state index contributed by atoms with van der Waals surface area (Å²) in [5, 5.41) is 19.9. The maximum absolute atomic E-state index is 14.1. The van der Waals surface area contributed by atoms with E-state index in [-0.39, 0.29) is 70.6 Å². The van der Waals surface area contributed by atoms with E-state index in [4.69, 9.17) is 23.9 Å². The third-order valence-corrected chi connectivity index (χ3v) is 18.9. The van der Waals surface area contributed by atoms with Gasteiger partial charge < -0.3 is 29.0 Å². The van der Waals surface area contributed by atoms with Crippen molar-refractivity contribution in [1.82, 2.24) is 15.0 Å². The molecule has 1 N–H and O–H groups in total. The molecule has 1 amide bonds. The number of hydrogen-bond donors (Lipinski definition) is 1. The Morgan fingerprint density at radius 2 is 1.45 bits per heavy atom. The normalized spacial score (nSPS) is 19.6. The number of para-hydroxylation sites is 1. The molecule has 2 aliphatic heterocycles. The monoisotopic (exact) mass is 1180 g/mol. The lowest BCUT2D eigenvalue weighted by atomic mass is 9.66. The van der Waals surface area contributed by atoms with Gasteiger partial charge in [-0.15, -0.1) is 5.10 Å². The van der Waals surface area contributed by atoms with Crippen molar-refractivity contribution in [3.8, 4) is 28.3 Å². The number of benzene rings is 3. The zero-order chi connectivity index (χ0) is 61.5. The van der Waals surface area contributed by atoms with Crippen LogP contribution in [0.5, 0.6) is 5.75 Å². The number of carbonyl (C=O) groups excluding carboxylic acids is 4. The maximum atomic E-state index is 14.1. The molecule has 464 valence electrons. The molecular formula is C71H95N5O10. The summed E-state index contributed by atoms with van der Waals surface area (Å²) in [7, 11) is 0. The number of aryl methyl sites for hydroxylation is 3. The van der Waals surface area contributed by atoms with E-state index in [1.165, 1.54) is 11.1 Å². The zero-order valence-corrected chi connectivity index (χ0v) is 52.9. The highest BCUT2D eigenvalue weighted by Crippen LogP contribution is 2.52. The molecule has 3 aromatic carbocycles. The average molecular weight is 1180 g/mol. The van der Waals surface area contributed by atoms with Crippen LogP contribution in [-0.2, 0) is 57.7 Å². The predicted octanol–water partition coefficient (Wildman–Crippen LogP) is 14.1. The molecule has 15 heteroatoms. The highest BCUT2D eigenvalue weighted by Gasteiger charge is 2.43. The van der Waals surface area contributed by atoms with Gasteiger partial charge in [0.1, 0.15) is 34.6 Å². The molecule has 0 bridgehead atoms. The highest BCUT2D eigenvalue weighted by molar-refractivity contribution is 6.09. The fourth-order valence-corrected chi connectivity index (χ4v) is 12.8. The quantitative estimate of drug-likeness (QED) is 0.0470. The molecule has 0 saturated heterocycles. The Kier molecular flexibility index (Phi) is 23.2. The van der Waals surface area contributed by atoms with Crippen molar-refractivity contribution in [2.24, 2.45) is 39.5 Å². The van der Waals surface area contributed by atoms with Gasteiger partial charge in [0.05, 0.1) is 56.0 Å². The van der Waals surface area contributed by atoms with Crippen molar-refractivity contribution in [2.75, 3.05) is 51.1 Å². The fraction of sp³-hybridized carbons (Fsp3) is 0.577.